The van der Waals surface area contributed by atoms with Gasteiger partial charge in [0.25, 0.3) is 0 Å². The molecule has 1 heterocycles. The lowest BCUT2D eigenvalue weighted by molar-refractivity contribution is 0.243. The van der Waals surface area contributed by atoms with Gasteiger partial charge in [-0.3, -0.25) is 0 Å². The Hall–Kier alpha value is -1.13. The zero-order valence-electron chi connectivity index (χ0n) is 11.1. The average molecular weight is 252 g/mol. The Morgan fingerprint density at radius 1 is 1.33 bits per heavy atom. The van der Waals surface area contributed by atoms with Crippen molar-refractivity contribution in [1.29, 1.82) is 0 Å². The van der Waals surface area contributed by atoms with Gasteiger partial charge in [0.05, 0.1) is 7.11 Å². The van der Waals surface area contributed by atoms with E-state index in [0.717, 1.165) is 50.5 Å². The molecule has 1 saturated heterocycles. The molecule has 0 aliphatic carbocycles. The summed E-state index contributed by atoms with van der Waals surface area (Å²) in [6.07, 6.45) is 0.834. The third kappa shape index (κ3) is 3.21. The Balaban J connectivity index is 2.01. The number of nitrogens with one attached hydrogen (secondary N) is 1. The van der Waals surface area contributed by atoms with Crippen LogP contribution in [0.15, 0.2) is 12.1 Å². The van der Waals surface area contributed by atoms with Gasteiger partial charge in [0.2, 0.25) is 0 Å². The molecule has 1 N–H and O–H groups in total. The highest BCUT2D eigenvalue weighted by atomic mass is 19.1. The highest BCUT2D eigenvalue weighted by Crippen LogP contribution is 2.23. The fraction of sp³-hybridized carbons (Fsp3) is 0.571. The predicted molar refractivity (Wildman–Crippen MR) is 70.7 cm³/mol. The van der Waals surface area contributed by atoms with E-state index in [1.54, 1.807) is 26.2 Å². The van der Waals surface area contributed by atoms with Crippen LogP contribution in [-0.2, 0) is 6.42 Å². The Morgan fingerprint density at radius 3 is 2.72 bits per heavy atom. The second kappa shape index (κ2) is 6.16. The SMILES string of the molecule is COc1cc(C)c(F)cc1CCN1CCNCC1. The number of hydrogen-bond acceptors (Lipinski definition) is 3. The van der Waals surface area contributed by atoms with E-state index < -0.39 is 0 Å². The molecular weight excluding hydrogens is 231 g/mol. The summed E-state index contributed by atoms with van der Waals surface area (Å²) in [6.45, 7) is 6.94. The summed E-state index contributed by atoms with van der Waals surface area (Å²) >= 11 is 0. The van der Waals surface area contributed by atoms with E-state index in [0.29, 0.717) is 5.56 Å². The van der Waals surface area contributed by atoms with Crippen LogP contribution in [0, 0.1) is 12.7 Å². The van der Waals surface area contributed by atoms with Crippen LogP contribution in [0.1, 0.15) is 11.1 Å². The van der Waals surface area contributed by atoms with Crippen LogP contribution in [0.4, 0.5) is 4.39 Å². The van der Waals surface area contributed by atoms with Crippen LogP contribution in [0.2, 0.25) is 0 Å². The van der Waals surface area contributed by atoms with Crippen molar-refractivity contribution in [3.05, 3.63) is 29.1 Å². The van der Waals surface area contributed by atoms with Crippen molar-refractivity contribution in [3.63, 3.8) is 0 Å². The fourth-order valence-corrected chi connectivity index (χ4v) is 2.29. The third-order valence-corrected chi connectivity index (χ3v) is 3.47. The van der Waals surface area contributed by atoms with Crippen molar-refractivity contribution < 1.29 is 9.13 Å². The maximum Gasteiger partial charge on any atom is 0.126 e. The molecule has 1 fully saturated rings. The number of methoxy groups -OCH3 is 1. The maximum absolute atomic E-state index is 13.6. The predicted octanol–water partition coefficient (Wildman–Crippen LogP) is 1.59. The first kappa shape index (κ1) is 13.3. The summed E-state index contributed by atoms with van der Waals surface area (Å²) in [5.74, 6) is 0.648. The monoisotopic (exact) mass is 252 g/mol. The van der Waals surface area contributed by atoms with Crippen molar-refractivity contribution in [2.75, 3.05) is 39.8 Å². The van der Waals surface area contributed by atoms with E-state index in [-0.39, 0.29) is 5.82 Å². The van der Waals surface area contributed by atoms with Crippen molar-refractivity contribution in [3.8, 4) is 5.75 Å². The van der Waals surface area contributed by atoms with Gasteiger partial charge in [-0.05, 0) is 36.6 Å². The van der Waals surface area contributed by atoms with Crippen LogP contribution in [0.3, 0.4) is 0 Å². The Labute approximate surface area is 108 Å². The van der Waals surface area contributed by atoms with Gasteiger partial charge in [-0.25, -0.2) is 4.39 Å². The molecule has 18 heavy (non-hydrogen) atoms. The molecule has 0 spiro atoms. The standard InChI is InChI=1S/C14H21FN2O/c1-11-9-14(18-2)12(10-13(11)15)3-6-17-7-4-16-5-8-17/h9-10,16H,3-8H2,1-2H3. The van der Waals surface area contributed by atoms with Crippen LogP contribution in [0.25, 0.3) is 0 Å². The van der Waals surface area contributed by atoms with Gasteiger partial charge in [0.1, 0.15) is 11.6 Å². The second-order valence-corrected chi connectivity index (χ2v) is 4.75. The third-order valence-electron chi connectivity index (χ3n) is 3.47. The molecule has 1 aromatic rings. The summed E-state index contributed by atoms with van der Waals surface area (Å²) in [5.41, 5.74) is 1.59. The van der Waals surface area contributed by atoms with Crippen LogP contribution in [0.5, 0.6) is 5.75 Å². The maximum atomic E-state index is 13.6. The highest BCUT2D eigenvalue weighted by molar-refractivity contribution is 5.38. The lowest BCUT2D eigenvalue weighted by Gasteiger charge is -2.27. The van der Waals surface area contributed by atoms with Gasteiger partial charge < -0.3 is 15.0 Å². The van der Waals surface area contributed by atoms with E-state index in [4.69, 9.17) is 4.74 Å². The number of halogens is 1. The van der Waals surface area contributed by atoms with E-state index >= 15 is 0 Å². The van der Waals surface area contributed by atoms with Gasteiger partial charge >= 0.3 is 0 Å². The van der Waals surface area contributed by atoms with Gasteiger partial charge in [0, 0.05) is 32.7 Å². The first-order valence-electron chi connectivity index (χ1n) is 6.47. The smallest absolute Gasteiger partial charge is 0.126 e. The number of benzene rings is 1. The van der Waals surface area contributed by atoms with Crippen molar-refractivity contribution >= 4 is 0 Å². The summed E-state index contributed by atoms with van der Waals surface area (Å²) in [7, 11) is 1.64. The molecule has 0 atom stereocenters. The van der Waals surface area contributed by atoms with E-state index in [2.05, 4.69) is 10.2 Å². The Bertz CT molecular complexity index is 403. The lowest BCUT2D eigenvalue weighted by atomic mass is 10.1. The number of rotatable bonds is 4. The van der Waals surface area contributed by atoms with E-state index in [1.165, 1.54) is 0 Å². The molecule has 3 nitrogen and oxygen atoms in total. The van der Waals surface area contributed by atoms with Crippen LogP contribution >= 0.6 is 0 Å². The summed E-state index contributed by atoms with van der Waals surface area (Å²) in [6, 6.07) is 3.39. The Kier molecular flexibility index (Phi) is 4.55. The van der Waals surface area contributed by atoms with Crippen molar-refractivity contribution in [1.82, 2.24) is 10.2 Å². The number of aryl methyl sites for hydroxylation is 1. The molecule has 2 rings (SSSR count). The molecule has 1 aliphatic rings. The minimum absolute atomic E-state index is 0.147. The molecular formula is C14H21FN2O. The highest BCUT2D eigenvalue weighted by Gasteiger charge is 2.12. The fourth-order valence-electron chi connectivity index (χ4n) is 2.29. The van der Waals surface area contributed by atoms with Gasteiger partial charge in [-0.1, -0.05) is 0 Å². The quantitative estimate of drug-likeness (QED) is 0.880. The zero-order chi connectivity index (χ0) is 13.0. The average Bonchev–Trinajstić information content (AvgIpc) is 2.41. The number of ether oxygens (including phenoxy) is 1. The van der Waals surface area contributed by atoms with Crippen LogP contribution < -0.4 is 10.1 Å². The van der Waals surface area contributed by atoms with Gasteiger partial charge in [0.15, 0.2) is 0 Å². The van der Waals surface area contributed by atoms with Gasteiger partial charge in [-0.2, -0.15) is 0 Å². The molecule has 0 radical (unpaired) electrons. The molecule has 0 aromatic heterocycles. The molecule has 1 aromatic carbocycles. The number of nitrogens with zero attached hydrogens (tertiary/aromatic N) is 1. The normalized spacial score (nSPS) is 16.8. The molecule has 0 saturated carbocycles. The first-order valence-corrected chi connectivity index (χ1v) is 6.47. The first-order chi connectivity index (χ1) is 8.70. The zero-order valence-corrected chi connectivity index (χ0v) is 11.1. The molecule has 100 valence electrons. The minimum Gasteiger partial charge on any atom is -0.496 e. The van der Waals surface area contributed by atoms with E-state index in [1.807, 2.05) is 0 Å². The Morgan fingerprint density at radius 2 is 2.06 bits per heavy atom. The largest absolute Gasteiger partial charge is 0.496 e. The van der Waals surface area contributed by atoms with Gasteiger partial charge in [-0.15, -0.1) is 0 Å². The summed E-state index contributed by atoms with van der Waals surface area (Å²) in [4.78, 5) is 2.40. The molecule has 1 aliphatic heterocycles. The molecule has 0 bridgehead atoms. The van der Waals surface area contributed by atoms with E-state index in [9.17, 15) is 4.39 Å². The van der Waals surface area contributed by atoms with Crippen LogP contribution in [-0.4, -0.2) is 44.7 Å². The molecule has 4 heteroatoms. The van der Waals surface area contributed by atoms with Crippen molar-refractivity contribution in [2.45, 2.75) is 13.3 Å². The van der Waals surface area contributed by atoms with Crippen molar-refractivity contribution in [2.24, 2.45) is 0 Å². The number of hydrogen-bond donors (Lipinski definition) is 1. The summed E-state index contributed by atoms with van der Waals surface area (Å²) in [5, 5.41) is 3.33. The number of piperazine rings is 1. The topological polar surface area (TPSA) is 24.5 Å². The lowest BCUT2D eigenvalue weighted by Crippen LogP contribution is -2.44. The minimum atomic E-state index is -0.147. The molecule has 0 unspecified atom stereocenters. The summed E-state index contributed by atoms with van der Waals surface area (Å²) < 4.78 is 18.9. The second-order valence-electron chi connectivity index (χ2n) is 4.75. The molecule has 0 amide bonds.